The predicted octanol–water partition coefficient (Wildman–Crippen LogP) is 3.16. The van der Waals surface area contributed by atoms with Crippen LogP contribution in [0.15, 0.2) is 24.3 Å². The topological polar surface area (TPSA) is 0 Å². The van der Waals surface area contributed by atoms with Crippen LogP contribution in [0.1, 0.15) is 26.7 Å². The number of fused-ring (bicyclic) bond motifs is 2. The van der Waals surface area contributed by atoms with Crippen LogP contribution in [-0.4, -0.2) is 0 Å². The van der Waals surface area contributed by atoms with Crippen molar-refractivity contribution in [1.29, 1.82) is 0 Å². The van der Waals surface area contributed by atoms with Gasteiger partial charge in [0.05, 0.1) is 0 Å². The van der Waals surface area contributed by atoms with Crippen LogP contribution in [0, 0.1) is 17.3 Å². The van der Waals surface area contributed by atoms with Gasteiger partial charge in [-0.05, 0) is 30.1 Å². The summed E-state index contributed by atoms with van der Waals surface area (Å²) in [6.45, 7) is 8.86. The largest absolute Gasteiger partial charge is 0.0955 e. The molecule has 1 saturated carbocycles. The highest BCUT2D eigenvalue weighted by molar-refractivity contribution is 5.27. The molecule has 0 amide bonds. The highest BCUT2D eigenvalue weighted by Gasteiger charge is 2.48. The van der Waals surface area contributed by atoms with Crippen molar-refractivity contribution in [3.63, 3.8) is 0 Å². The van der Waals surface area contributed by atoms with Crippen molar-refractivity contribution in [3.05, 3.63) is 24.3 Å². The number of hydrogen-bond donors (Lipinski definition) is 0. The van der Waals surface area contributed by atoms with Crippen molar-refractivity contribution >= 4 is 0 Å². The SMILES string of the molecule is C=C1C=CC[C@@H]2C[C@H]1C2(C)C. The molecular formula is C11H16. The lowest BCUT2D eigenvalue weighted by Crippen LogP contribution is -2.44. The van der Waals surface area contributed by atoms with Crippen LogP contribution in [0.2, 0.25) is 0 Å². The third kappa shape index (κ3) is 0.817. The molecule has 0 radical (unpaired) electrons. The fourth-order valence-electron chi connectivity index (χ4n) is 2.55. The molecule has 0 N–H and O–H groups in total. The molecule has 2 bridgehead atoms. The summed E-state index contributed by atoms with van der Waals surface area (Å²) < 4.78 is 0. The first-order valence-corrected chi connectivity index (χ1v) is 4.47. The Balaban J connectivity index is 2.30. The fourth-order valence-corrected chi connectivity index (χ4v) is 2.55. The summed E-state index contributed by atoms with van der Waals surface area (Å²) in [4.78, 5) is 0. The van der Waals surface area contributed by atoms with Crippen molar-refractivity contribution in [2.75, 3.05) is 0 Å². The molecule has 0 spiro atoms. The van der Waals surface area contributed by atoms with Gasteiger partial charge in [-0.2, -0.15) is 0 Å². The summed E-state index contributed by atoms with van der Waals surface area (Å²) in [5.74, 6) is 1.69. The first kappa shape index (κ1) is 7.15. The average Bonchev–Trinajstić information content (AvgIpc) is 2.17. The van der Waals surface area contributed by atoms with Gasteiger partial charge in [-0.3, -0.25) is 0 Å². The van der Waals surface area contributed by atoms with Crippen molar-refractivity contribution in [2.45, 2.75) is 26.7 Å². The van der Waals surface area contributed by atoms with E-state index in [-0.39, 0.29) is 0 Å². The summed E-state index contributed by atoms with van der Waals surface area (Å²) in [5.41, 5.74) is 1.88. The van der Waals surface area contributed by atoms with Crippen LogP contribution in [0.5, 0.6) is 0 Å². The molecule has 0 heterocycles. The Morgan fingerprint density at radius 2 is 2.27 bits per heavy atom. The second kappa shape index (κ2) is 2.00. The third-order valence-corrected chi connectivity index (χ3v) is 3.67. The molecule has 3 aliphatic rings. The average molecular weight is 148 g/mol. The van der Waals surface area contributed by atoms with E-state index in [1.54, 1.807) is 0 Å². The minimum Gasteiger partial charge on any atom is -0.0955 e. The molecule has 60 valence electrons. The molecule has 0 saturated heterocycles. The molecule has 3 aliphatic carbocycles. The van der Waals surface area contributed by atoms with E-state index in [4.69, 9.17) is 0 Å². The molecule has 1 fully saturated rings. The Hall–Kier alpha value is -0.520. The zero-order chi connectivity index (χ0) is 8.06. The van der Waals surface area contributed by atoms with E-state index in [0.29, 0.717) is 5.41 Å². The molecular weight excluding hydrogens is 132 g/mol. The second-order valence-corrected chi connectivity index (χ2v) is 4.52. The zero-order valence-electron chi connectivity index (χ0n) is 7.43. The molecule has 0 nitrogen and oxygen atoms in total. The van der Waals surface area contributed by atoms with Gasteiger partial charge in [0.15, 0.2) is 0 Å². The van der Waals surface area contributed by atoms with Gasteiger partial charge in [-0.1, -0.05) is 38.2 Å². The maximum absolute atomic E-state index is 4.10. The molecule has 0 aromatic rings. The zero-order valence-corrected chi connectivity index (χ0v) is 7.43. The van der Waals surface area contributed by atoms with Gasteiger partial charge in [0.25, 0.3) is 0 Å². The third-order valence-electron chi connectivity index (χ3n) is 3.67. The van der Waals surface area contributed by atoms with Crippen LogP contribution < -0.4 is 0 Å². The molecule has 3 rings (SSSR count). The normalized spacial score (nSPS) is 39.6. The van der Waals surface area contributed by atoms with Gasteiger partial charge in [0.1, 0.15) is 0 Å². The molecule has 0 aliphatic heterocycles. The summed E-state index contributed by atoms with van der Waals surface area (Å²) >= 11 is 0. The molecule has 0 aromatic heterocycles. The van der Waals surface area contributed by atoms with Crippen LogP contribution in [-0.2, 0) is 0 Å². The molecule has 11 heavy (non-hydrogen) atoms. The Morgan fingerprint density at radius 3 is 2.91 bits per heavy atom. The monoisotopic (exact) mass is 148 g/mol. The smallest absolute Gasteiger partial charge is 0.0111 e. The summed E-state index contributed by atoms with van der Waals surface area (Å²) in [7, 11) is 0. The highest BCUT2D eigenvalue weighted by atomic mass is 14.5. The highest BCUT2D eigenvalue weighted by Crippen LogP contribution is 2.57. The minimum atomic E-state index is 0.528. The first-order chi connectivity index (χ1) is 5.12. The maximum Gasteiger partial charge on any atom is -0.0111 e. The number of allylic oxidation sites excluding steroid dienone is 3. The van der Waals surface area contributed by atoms with Gasteiger partial charge in [0, 0.05) is 0 Å². The fraction of sp³-hybridized carbons (Fsp3) is 0.636. The maximum atomic E-state index is 4.10. The van der Waals surface area contributed by atoms with Gasteiger partial charge in [-0.25, -0.2) is 0 Å². The molecule has 0 unspecified atom stereocenters. The van der Waals surface area contributed by atoms with E-state index < -0.39 is 0 Å². The van der Waals surface area contributed by atoms with E-state index in [1.165, 1.54) is 18.4 Å². The summed E-state index contributed by atoms with van der Waals surface area (Å²) in [6, 6.07) is 0. The Morgan fingerprint density at radius 1 is 1.55 bits per heavy atom. The lowest BCUT2D eigenvalue weighted by Gasteiger charge is -2.51. The van der Waals surface area contributed by atoms with Gasteiger partial charge in [-0.15, -0.1) is 0 Å². The molecule has 0 aromatic carbocycles. The predicted molar refractivity (Wildman–Crippen MR) is 48.3 cm³/mol. The molecule has 2 atom stereocenters. The van der Waals surface area contributed by atoms with E-state index in [1.807, 2.05) is 0 Å². The van der Waals surface area contributed by atoms with E-state index in [9.17, 15) is 0 Å². The van der Waals surface area contributed by atoms with Crippen LogP contribution in [0.25, 0.3) is 0 Å². The lowest BCUT2D eigenvalue weighted by atomic mass is 9.53. The molecule has 0 heteroatoms. The Bertz CT molecular complexity index is 220. The van der Waals surface area contributed by atoms with Gasteiger partial charge < -0.3 is 0 Å². The first-order valence-electron chi connectivity index (χ1n) is 4.47. The number of hydrogen-bond acceptors (Lipinski definition) is 0. The van der Waals surface area contributed by atoms with Crippen molar-refractivity contribution in [2.24, 2.45) is 17.3 Å². The van der Waals surface area contributed by atoms with Crippen molar-refractivity contribution < 1.29 is 0 Å². The lowest BCUT2D eigenvalue weighted by molar-refractivity contribution is 0.0125. The van der Waals surface area contributed by atoms with E-state index in [2.05, 4.69) is 32.6 Å². The van der Waals surface area contributed by atoms with Crippen LogP contribution in [0.4, 0.5) is 0 Å². The minimum absolute atomic E-state index is 0.528. The van der Waals surface area contributed by atoms with Crippen LogP contribution >= 0.6 is 0 Å². The Kier molecular flexibility index (Phi) is 1.30. The standard InChI is InChI=1S/C11H16/c1-8-5-4-6-9-7-10(8)11(9,2)3/h4-5,9-10H,1,6-7H2,2-3H3/t9-,10-/m1/s1. The van der Waals surface area contributed by atoms with Crippen molar-refractivity contribution in [1.82, 2.24) is 0 Å². The summed E-state index contributed by atoms with van der Waals surface area (Å²) in [6.07, 6.45) is 7.16. The van der Waals surface area contributed by atoms with Gasteiger partial charge >= 0.3 is 0 Å². The second-order valence-electron chi connectivity index (χ2n) is 4.52. The quantitative estimate of drug-likeness (QED) is 0.495. The van der Waals surface area contributed by atoms with Gasteiger partial charge in [0.2, 0.25) is 0 Å². The van der Waals surface area contributed by atoms with Crippen molar-refractivity contribution in [3.8, 4) is 0 Å². The van der Waals surface area contributed by atoms with E-state index >= 15 is 0 Å². The van der Waals surface area contributed by atoms with Crippen LogP contribution in [0.3, 0.4) is 0 Å². The Labute approximate surface area is 69.0 Å². The summed E-state index contributed by atoms with van der Waals surface area (Å²) in [5, 5.41) is 0. The number of rotatable bonds is 0. The van der Waals surface area contributed by atoms with E-state index in [0.717, 1.165) is 11.8 Å².